The van der Waals surface area contributed by atoms with Crippen molar-refractivity contribution in [2.75, 3.05) is 13.2 Å². The minimum absolute atomic E-state index is 0.0367. The van der Waals surface area contributed by atoms with Crippen LogP contribution in [0.2, 0.25) is 7.87 Å². The number of aliphatic carboxylic acids is 2. The van der Waals surface area contributed by atoms with Crippen molar-refractivity contribution in [1.82, 2.24) is 0 Å². The van der Waals surface area contributed by atoms with E-state index in [4.69, 9.17) is 9.47 Å². The molecule has 0 aromatic rings. The summed E-state index contributed by atoms with van der Waals surface area (Å²) in [5, 5.41) is 20.1. The summed E-state index contributed by atoms with van der Waals surface area (Å²) in [7, 11) is 0. The molecule has 0 bridgehead atoms. The molecule has 9 heteroatoms. The normalized spacial score (nSPS) is 14.8. The number of carboxylic acids is 2. The minimum atomic E-state index is -1.39. The summed E-state index contributed by atoms with van der Waals surface area (Å²) in [6.07, 6.45) is 43.5. The average Bonchev–Trinajstić information content (AvgIpc) is 3.15. The van der Waals surface area contributed by atoms with Gasteiger partial charge in [-0.25, -0.2) is 9.59 Å². The second kappa shape index (κ2) is 39.8. The molecule has 2 rings (SSSR count). The monoisotopic (exact) mass is 852 g/mol. The summed E-state index contributed by atoms with van der Waals surface area (Å²) in [4.78, 5) is 42.1. The van der Waals surface area contributed by atoms with Gasteiger partial charge in [-0.15, -0.1) is 0 Å². The predicted octanol–water partition coefficient (Wildman–Crippen LogP) is 9.71. The van der Waals surface area contributed by atoms with Gasteiger partial charge in [0.2, 0.25) is 0 Å². The van der Waals surface area contributed by atoms with E-state index >= 15 is 0 Å². The van der Waals surface area contributed by atoms with E-state index in [1.807, 2.05) is 0 Å². The zero-order valence-corrected chi connectivity index (χ0v) is 36.7. The number of rotatable bonds is 28. The van der Waals surface area contributed by atoms with E-state index in [2.05, 4.69) is 13.8 Å². The quantitative estimate of drug-likeness (QED) is 0.0329. The van der Waals surface area contributed by atoms with Crippen molar-refractivity contribution in [2.45, 2.75) is 214 Å². The summed E-state index contributed by atoms with van der Waals surface area (Å²) in [5.74, 6) is -4.02. The van der Waals surface area contributed by atoms with Crippen molar-refractivity contribution in [3.8, 4) is 0 Å². The summed E-state index contributed by atoms with van der Waals surface area (Å²) >= 11 is 0.0367. The van der Waals surface area contributed by atoms with Crippen LogP contribution < -0.4 is 10.2 Å². The Kier molecular flexibility index (Phi) is 38.5. The van der Waals surface area contributed by atoms with Gasteiger partial charge in [-0.05, 0) is 25.0 Å². The second-order valence-electron chi connectivity index (χ2n) is 14.8. The zero-order chi connectivity index (χ0) is 39.0. The van der Waals surface area contributed by atoms with Gasteiger partial charge in [0.15, 0.2) is 0 Å². The fourth-order valence-corrected chi connectivity index (χ4v) is 12.9. The van der Waals surface area contributed by atoms with Crippen molar-refractivity contribution in [1.29, 1.82) is 0 Å². The largest absolute Gasteiger partial charge is 0.545 e. The van der Waals surface area contributed by atoms with Crippen molar-refractivity contribution in [2.24, 2.45) is 0 Å². The fraction of sp³-hybridized carbons (Fsp3) is 0.818. The maximum atomic E-state index is 11.0. The van der Waals surface area contributed by atoms with Gasteiger partial charge < -0.3 is 29.3 Å². The molecule has 8 nitrogen and oxygen atoms in total. The van der Waals surface area contributed by atoms with Crippen molar-refractivity contribution >= 4 is 45.0 Å². The Labute approximate surface area is 334 Å². The van der Waals surface area contributed by atoms with Gasteiger partial charge in [-0.1, -0.05) is 129 Å². The number of esters is 2. The van der Waals surface area contributed by atoms with E-state index in [-0.39, 0.29) is 21.1 Å². The van der Waals surface area contributed by atoms with Crippen LogP contribution >= 0.6 is 0 Å². The Morgan fingerprint density at radius 2 is 0.736 bits per heavy atom. The SMILES string of the molecule is C1CC[CH]([Sn+2][CH]2CCCCC2)CC1.CCCCCCCCCCCCOC(=O)/C=C\C(=O)[O-].CCCCCCCCCCCCOC(=O)/C=C\C(=O)[O-]. The van der Waals surface area contributed by atoms with Crippen LogP contribution in [-0.2, 0) is 28.7 Å². The molecule has 2 saturated carbocycles. The Hall–Kier alpha value is -1.84. The van der Waals surface area contributed by atoms with Gasteiger partial charge in [0.25, 0.3) is 0 Å². The first-order valence-electron chi connectivity index (χ1n) is 21.7. The first-order chi connectivity index (χ1) is 25.8. The second-order valence-corrected chi connectivity index (χ2v) is 20.5. The summed E-state index contributed by atoms with van der Waals surface area (Å²) < 4.78 is 12.3. The Morgan fingerprint density at radius 3 is 1.02 bits per heavy atom. The van der Waals surface area contributed by atoms with Crippen LogP contribution in [0, 0.1) is 0 Å². The van der Waals surface area contributed by atoms with Gasteiger partial charge >= 0.3 is 105 Å². The minimum Gasteiger partial charge on any atom is -0.545 e. The molecule has 2 aliphatic rings. The van der Waals surface area contributed by atoms with E-state index in [0.29, 0.717) is 25.4 Å². The molecule has 304 valence electrons. The maximum absolute atomic E-state index is 11.0. The van der Waals surface area contributed by atoms with Crippen molar-refractivity contribution in [3.63, 3.8) is 0 Å². The van der Waals surface area contributed by atoms with Crippen LogP contribution in [0.1, 0.15) is 206 Å². The van der Waals surface area contributed by atoms with Crippen molar-refractivity contribution in [3.05, 3.63) is 24.3 Å². The average molecular weight is 852 g/mol. The van der Waals surface area contributed by atoms with Gasteiger partial charge in [-0.2, -0.15) is 0 Å². The van der Waals surface area contributed by atoms with Crippen LogP contribution in [-0.4, -0.2) is 58.2 Å². The number of carbonyl (C=O) groups excluding carboxylic acids is 4. The number of hydrogen-bond acceptors (Lipinski definition) is 8. The van der Waals surface area contributed by atoms with E-state index < -0.39 is 23.9 Å². The molecule has 0 spiro atoms. The molecular weight excluding hydrogens is 775 g/mol. The molecule has 0 saturated heterocycles. The van der Waals surface area contributed by atoms with Gasteiger partial charge in [-0.3, -0.25) is 0 Å². The standard InChI is InChI=1S/2C16H28O4.2C6H11.Sn/c2*1-2-3-4-5-6-7-8-9-10-11-14-20-16(19)13-12-15(17)18;2*1-2-4-6-5-3-1;/h2*12-13H,2-11,14H2,1H3,(H,17,18);2*1H,2-6H2;/q;;;;+2/p-2/b2*13-12-;;;. The summed E-state index contributed by atoms with van der Waals surface area (Å²) in [5.41, 5.74) is 0. The van der Waals surface area contributed by atoms with Crippen LogP contribution in [0.3, 0.4) is 0 Å². The molecule has 0 unspecified atom stereocenters. The molecule has 2 fully saturated rings. The summed E-state index contributed by atoms with van der Waals surface area (Å²) in [6.45, 7) is 5.15. The number of carbonyl (C=O) groups is 4. The van der Waals surface area contributed by atoms with Crippen LogP contribution in [0.25, 0.3) is 0 Å². The first kappa shape index (κ1) is 51.2. The molecule has 0 amide bonds. The van der Waals surface area contributed by atoms with E-state index in [0.717, 1.165) is 37.8 Å². The molecule has 53 heavy (non-hydrogen) atoms. The smallest absolute Gasteiger partial charge is 0.330 e. The zero-order valence-electron chi connectivity index (χ0n) is 33.9. The molecule has 0 heterocycles. The number of carboxylic acid groups (broad SMARTS) is 2. The molecule has 0 aromatic carbocycles. The number of hydrogen-bond donors (Lipinski definition) is 0. The third-order valence-electron chi connectivity index (χ3n) is 9.88. The Morgan fingerprint density at radius 1 is 0.453 bits per heavy atom. The summed E-state index contributed by atoms with van der Waals surface area (Å²) in [6, 6.07) is 0. The molecular formula is C44H76O8Sn. The van der Waals surface area contributed by atoms with Gasteiger partial charge in [0, 0.05) is 12.2 Å². The molecule has 2 aliphatic carbocycles. The topological polar surface area (TPSA) is 133 Å². The molecule has 0 radical (unpaired) electrons. The third kappa shape index (κ3) is 39.7. The predicted molar refractivity (Wildman–Crippen MR) is 213 cm³/mol. The van der Waals surface area contributed by atoms with Gasteiger partial charge in [0.1, 0.15) is 0 Å². The van der Waals surface area contributed by atoms with Crippen LogP contribution in [0.5, 0.6) is 0 Å². The molecule has 0 aliphatic heterocycles. The molecule has 0 aromatic heterocycles. The van der Waals surface area contributed by atoms with Crippen LogP contribution in [0.4, 0.5) is 0 Å². The first-order valence-corrected chi connectivity index (χ1v) is 25.0. The maximum Gasteiger partial charge on any atom is 0.330 e. The number of ether oxygens (including phenoxy) is 2. The number of unbranched alkanes of at least 4 members (excludes halogenated alkanes) is 18. The van der Waals surface area contributed by atoms with E-state index in [1.165, 1.54) is 111 Å². The Bertz CT molecular complexity index is 864. The van der Waals surface area contributed by atoms with Crippen LogP contribution in [0.15, 0.2) is 24.3 Å². The third-order valence-corrected chi connectivity index (χ3v) is 15.9. The molecule has 0 N–H and O–H groups in total. The Balaban J connectivity index is 0.000000781. The molecule has 0 atom stereocenters. The van der Waals surface area contributed by atoms with Crippen molar-refractivity contribution < 1.29 is 38.9 Å². The van der Waals surface area contributed by atoms with E-state index in [1.54, 1.807) is 64.2 Å². The van der Waals surface area contributed by atoms with Gasteiger partial charge in [0.05, 0.1) is 25.2 Å². The fourth-order valence-electron chi connectivity index (χ4n) is 6.76. The van der Waals surface area contributed by atoms with E-state index in [9.17, 15) is 29.4 Å².